The zero-order valence-electron chi connectivity index (χ0n) is 14.8. The van der Waals surface area contributed by atoms with Gasteiger partial charge < -0.3 is 14.2 Å². The summed E-state index contributed by atoms with van der Waals surface area (Å²) in [6, 6.07) is 13.8. The Hall–Kier alpha value is -3.15. The molecule has 0 bridgehead atoms. The van der Waals surface area contributed by atoms with Gasteiger partial charge in [-0.25, -0.2) is 4.79 Å². The molecule has 0 heterocycles. The van der Waals surface area contributed by atoms with E-state index >= 15 is 0 Å². The predicted molar refractivity (Wildman–Crippen MR) is 98.3 cm³/mol. The van der Waals surface area contributed by atoms with Crippen molar-refractivity contribution in [2.24, 2.45) is 4.99 Å². The van der Waals surface area contributed by atoms with Gasteiger partial charge in [0.05, 0.1) is 12.8 Å². The summed E-state index contributed by atoms with van der Waals surface area (Å²) in [7, 11) is 1.25. The summed E-state index contributed by atoms with van der Waals surface area (Å²) in [6.45, 7) is 2.03. The fourth-order valence-corrected chi connectivity index (χ4v) is 2.01. The number of benzene rings is 2. The van der Waals surface area contributed by atoms with Crippen molar-refractivity contribution in [3.63, 3.8) is 0 Å². The van der Waals surface area contributed by atoms with Crippen molar-refractivity contribution in [1.82, 2.24) is 0 Å². The van der Waals surface area contributed by atoms with Crippen LogP contribution in [0.2, 0.25) is 0 Å². The van der Waals surface area contributed by atoms with Crippen LogP contribution in [0.15, 0.2) is 53.5 Å². The van der Waals surface area contributed by atoms with E-state index in [0.29, 0.717) is 23.6 Å². The Morgan fingerprint density at radius 3 is 2.19 bits per heavy atom. The molecule has 0 aliphatic carbocycles. The summed E-state index contributed by atoms with van der Waals surface area (Å²) < 4.78 is 14.6. The number of rotatable bonds is 7. The highest BCUT2D eigenvalue weighted by molar-refractivity contribution is 5.82. The normalized spacial score (nSPS) is 10.5. The van der Waals surface area contributed by atoms with Crippen LogP contribution in [-0.4, -0.2) is 25.4 Å². The van der Waals surface area contributed by atoms with Crippen LogP contribution in [0.4, 0.5) is 10.5 Å². The van der Waals surface area contributed by atoms with Crippen LogP contribution >= 0.6 is 0 Å². The van der Waals surface area contributed by atoms with E-state index in [4.69, 9.17) is 9.47 Å². The fraction of sp³-hybridized carbons (Fsp3) is 0.250. The van der Waals surface area contributed by atoms with Crippen molar-refractivity contribution in [2.75, 3.05) is 7.11 Å². The van der Waals surface area contributed by atoms with E-state index in [-0.39, 0.29) is 5.97 Å². The second-order valence-electron chi connectivity index (χ2n) is 5.45. The molecule has 0 fully saturated rings. The molecule has 136 valence electrons. The maximum Gasteiger partial charge on any atom is 0.513 e. The SMILES string of the molecule is CCCCC(=O)Oc1ccc(/C=N/c2ccc(OC(=O)OC)cc2)cc1. The molecular formula is C20H21NO5. The van der Waals surface area contributed by atoms with E-state index in [0.717, 1.165) is 18.4 Å². The lowest BCUT2D eigenvalue weighted by Gasteiger charge is -2.04. The number of nitrogens with zero attached hydrogens (tertiary/aromatic N) is 1. The second kappa shape index (κ2) is 9.98. The summed E-state index contributed by atoms with van der Waals surface area (Å²) in [4.78, 5) is 27.0. The number of ether oxygens (including phenoxy) is 3. The van der Waals surface area contributed by atoms with Gasteiger partial charge in [-0.15, -0.1) is 0 Å². The van der Waals surface area contributed by atoms with E-state index in [1.54, 1.807) is 42.6 Å². The molecular weight excluding hydrogens is 334 g/mol. The highest BCUT2D eigenvalue weighted by atomic mass is 16.7. The van der Waals surface area contributed by atoms with Crippen molar-refractivity contribution in [3.05, 3.63) is 54.1 Å². The van der Waals surface area contributed by atoms with Gasteiger partial charge >= 0.3 is 12.1 Å². The maximum absolute atomic E-state index is 11.6. The minimum Gasteiger partial charge on any atom is -0.437 e. The monoisotopic (exact) mass is 355 g/mol. The van der Waals surface area contributed by atoms with E-state index in [9.17, 15) is 9.59 Å². The number of hydrogen-bond donors (Lipinski definition) is 0. The van der Waals surface area contributed by atoms with E-state index in [1.165, 1.54) is 7.11 Å². The molecule has 0 atom stereocenters. The first-order valence-electron chi connectivity index (χ1n) is 8.31. The van der Waals surface area contributed by atoms with Crippen LogP contribution in [-0.2, 0) is 9.53 Å². The molecule has 0 N–H and O–H groups in total. The molecule has 0 aliphatic heterocycles. The summed E-state index contributed by atoms with van der Waals surface area (Å²) in [5, 5.41) is 0. The second-order valence-corrected chi connectivity index (χ2v) is 5.45. The fourth-order valence-electron chi connectivity index (χ4n) is 2.01. The van der Waals surface area contributed by atoms with Gasteiger partial charge in [-0.1, -0.05) is 13.3 Å². The van der Waals surface area contributed by atoms with Crippen LogP contribution in [0.5, 0.6) is 11.5 Å². The predicted octanol–water partition coefficient (Wildman–Crippen LogP) is 4.68. The van der Waals surface area contributed by atoms with Gasteiger partial charge in [-0.05, 0) is 60.5 Å². The van der Waals surface area contributed by atoms with Crippen molar-refractivity contribution in [2.45, 2.75) is 26.2 Å². The molecule has 2 rings (SSSR count). The molecule has 26 heavy (non-hydrogen) atoms. The Morgan fingerprint density at radius 1 is 0.962 bits per heavy atom. The number of carbonyl (C=O) groups excluding carboxylic acids is 2. The molecule has 2 aromatic rings. The molecule has 0 aromatic heterocycles. The largest absolute Gasteiger partial charge is 0.513 e. The molecule has 2 aromatic carbocycles. The molecule has 0 saturated heterocycles. The summed E-state index contributed by atoms with van der Waals surface area (Å²) in [5.74, 6) is 0.681. The number of methoxy groups -OCH3 is 1. The third kappa shape index (κ3) is 6.39. The first-order chi connectivity index (χ1) is 12.6. The van der Waals surface area contributed by atoms with E-state index < -0.39 is 6.16 Å². The van der Waals surface area contributed by atoms with Gasteiger partial charge in [0.25, 0.3) is 0 Å². The number of carbonyl (C=O) groups is 2. The minimum absolute atomic E-state index is 0.220. The highest BCUT2D eigenvalue weighted by Crippen LogP contribution is 2.19. The minimum atomic E-state index is -0.767. The average Bonchev–Trinajstić information content (AvgIpc) is 2.67. The maximum atomic E-state index is 11.6. The van der Waals surface area contributed by atoms with Crippen LogP contribution in [0.1, 0.15) is 31.7 Å². The van der Waals surface area contributed by atoms with Gasteiger partial charge in [-0.3, -0.25) is 9.79 Å². The van der Waals surface area contributed by atoms with Crippen LogP contribution < -0.4 is 9.47 Å². The van der Waals surface area contributed by atoms with E-state index in [2.05, 4.69) is 9.73 Å². The van der Waals surface area contributed by atoms with E-state index in [1.807, 2.05) is 19.1 Å². The molecule has 0 radical (unpaired) electrons. The lowest BCUT2D eigenvalue weighted by atomic mass is 10.2. The van der Waals surface area contributed by atoms with Gasteiger partial charge in [-0.2, -0.15) is 0 Å². The van der Waals surface area contributed by atoms with Crippen LogP contribution in [0.3, 0.4) is 0 Å². The molecule has 0 unspecified atom stereocenters. The van der Waals surface area contributed by atoms with Gasteiger partial charge in [0.1, 0.15) is 11.5 Å². The van der Waals surface area contributed by atoms with Gasteiger partial charge in [0, 0.05) is 12.6 Å². The van der Waals surface area contributed by atoms with Crippen LogP contribution in [0.25, 0.3) is 0 Å². The number of esters is 1. The third-order valence-corrected chi connectivity index (χ3v) is 3.41. The molecule has 6 heteroatoms. The molecule has 6 nitrogen and oxygen atoms in total. The van der Waals surface area contributed by atoms with Gasteiger partial charge in [0.2, 0.25) is 0 Å². The number of hydrogen-bond acceptors (Lipinski definition) is 6. The summed E-state index contributed by atoms with van der Waals surface area (Å²) in [6.07, 6.45) is 3.14. The highest BCUT2D eigenvalue weighted by Gasteiger charge is 2.04. The average molecular weight is 355 g/mol. The Balaban J connectivity index is 1.91. The molecule has 0 aliphatic rings. The van der Waals surface area contributed by atoms with Crippen molar-refractivity contribution < 1.29 is 23.8 Å². The lowest BCUT2D eigenvalue weighted by Crippen LogP contribution is -2.07. The Morgan fingerprint density at radius 2 is 1.58 bits per heavy atom. The lowest BCUT2D eigenvalue weighted by molar-refractivity contribution is -0.134. The molecule has 0 saturated carbocycles. The Bertz CT molecular complexity index is 751. The Labute approximate surface area is 152 Å². The number of aliphatic imine (C=N–C) groups is 1. The topological polar surface area (TPSA) is 74.2 Å². The first-order valence-corrected chi connectivity index (χ1v) is 8.31. The van der Waals surface area contributed by atoms with Gasteiger partial charge in [0.15, 0.2) is 0 Å². The molecule has 0 spiro atoms. The summed E-state index contributed by atoms with van der Waals surface area (Å²) in [5.41, 5.74) is 1.57. The first kappa shape index (κ1) is 19.2. The molecule has 0 amide bonds. The summed E-state index contributed by atoms with van der Waals surface area (Å²) >= 11 is 0. The van der Waals surface area contributed by atoms with Crippen molar-refractivity contribution >= 4 is 24.0 Å². The zero-order valence-corrected chi connectivity index (χ0v) is 14.8. The van der Waals surface area contributed by atoms with Crippen LogP contribution in [0, 0.1) is 0 Å². The van der Waals surface area contributed by atoms with Crippen molar-refractivity contribution in [1.29, 1.82) is 0 Å². The smallest absolute Gasteiger partial charge is 0.437 e. The number of unbranched alkanes of at least 4 members (excludes halogenated alkanes) is 1. The third-order valence-electron chi connectivity index (χ3n) is 3.41. The van der Waals surface area contributed by atoms with Crippen molar-refractivity contribution in [3.8, 4) is 11.5 Å². The Kier molecular flexibility index (Phi) is 7.36. The quantitative estimate of drug-likeness (QED) is 0.312. The zero-order chi connectivity index (χ0) is 18.8. The standard InChI is InChI=1S/C20H21NO5/c1-3-4-5-19(22)25-17-10-6-15(7-11-17)14-21-16-8-12-18(13-9-16)26-20(23)24-2/h6-14H,3-5H2,1-2H3/b21-14+.